The first-order chi connectivity index (χ1) is 8.24. The van der Waals surface area contributed by atoms with Crippen LogP contribution in [0.15, 0.2) is 41.0 Å². The van der Waals surface area contributed by atoms with Crippen molar-refractivity contribution in [3.8, 4) is 0 Å². The lowest BCUT2D eigenvalue weighted by atomic mass is 10.2. The fraction of sp³-hybridized carbons (Fsp3) is 0.154. The zero-order valence-corrected chi connectivity index (χ0v) is 10.3. The summed E-state index contributed by atoms with van der Waals surface area (Å²) in [5.41, 5.74) is 3.40. The molecule has 0 saturated carbocycles. The van der Waals surface area contributed by atoms with Gasteiger partial charge in [-0.25, -0.2) is 0 Å². The number of imidazole rings is 1. The summed E-state index contributed by atoms with van der Waals surface area (Å²) in [5.74, 6) is 0.906. The lowest BCUT2D eigenvalue weighted by Crippen LogP contribution is -1.98. The molecule has 2 heterocycles. The number of hydrogen-bond donors (Lipinski definition) is 1. The number of nitrogens with one attached hydrogen (secondary N) is 1. The molecule has 1 N–H and O–H groups in total. The van der Waals surface area contributed by atoms with Gasteiger partial charge in [-0.1, -0.05) is 6.07 Å². The van der Waals surface area contributed by atoms with Crippen LogP contribution < -0.4 is 0 Å². The Kier molecular flexibility index (Phi) is 2.37. The number of aromatic nitrogens is 2. The highest BCUT2D eigenvalue weighted by molar-refractivity contribution is 7.71. The van der Waals surface area contributed by atoms with Gasteiger partial charge in [-0.3, -0.25) is 0 Å². The average Bonchev–Trinajstić information content (AvgIpc) is 2.90. The van der Waals surface area contributed by atoms with Gasteiger partial charge < -0.3 is 14.0 Å². The van der Waals surface area contributed by atoms with Gasteiger partial charge in [0.25, 0.3) is 0 Å². The first kappa shape index (κ1) is 10.4. The number of aromatic amines is 1. The second-order valence-electron chi connectivity index (χ2n) is 4.12. The van der Waals surface area contributed by atoms with Crippen molar-refractivity contribution in [2.24, 2.45) is 0 Å². The third-order valence-electron chi connectivity index (χ3n) is 2.82. The zero-order chi connectivity index (χ0) is 11.8. The molecular formula is C13H12N2OS. The van der Waals surface area contributed by atoms with Gasteiger partial charge in [0.05, 0.1) is 23.8 Å². The molecule has 0 unspecified atom stereocenters. The Morgan fingerprint density at radius 2 is 2.24 bits per heavy atom. The summed E-state index contributed by atoms with van der Waals surface area (Å²) in [6.45, 7) is 2.74. The third kappa shape index (κ3) is 1.80. The highest BCUT2D eigenvalue weighted by Gasteiger charge is 2.06. The van der Waals surface area contributed by atoms with Crippen molar-refractivity contribution in [1.29, 1.82) is 0 Å². The van der Waals surface area contributed by atoms with E-state index in [1.54, 1.807) is 6.26 Å². The molecule has 4 heteroatoms. The monoisotopic (exact) mass is 244 g/mol. The van der Waals surface area contributed by atoms with Crippen LogP contribution >= 0.6 is 12.2 Å². The molecule has 3 rings (SSSR count). The molecule has 86 valence electrons. The standard InChI is InChI=1S/C13H12N2OS/c1-9-4-5-11-12(7-9)15(13(17)14-11)8-10-3-2-6-16-10/h2-7H,8H2,1H3,(H,14,17). The Morgan fingerprint density at radius 3 is 3.00 bits per heavy atom. The van der Waals surface area contributed by atoms with Gasteiger partial charge in [0.1, 0.15) is 5.76 Å². The number of rotatable bonds is 2. The maximum Gasteiger partial charge on any atom is 0.178 e. The van der Waals surface area contributed by atoms with Crippen molar-refractivity contribution in [3.63, 3.8) is 0 Å². The molecule has 3 aromatic rings. The van der Waals surface area contributed by atoms with Crippen molar-refractivity contribution >= 4 is 23.3 Å². The van der Waals surface area contributed by atoms with Gasteiger partial charge in [0.15, 0.2) is 4.77 Å². The smallest absolute Gasteiger partial charge is 0.178 e. The minimum atomic E-state index is 0.662. The van der Waals surface area contributed by atoms with E-state index in [0.717, 1.165) is 21.6 Å². The highest BCUT2D eigenvalue weighted by atomic mass is 32.1. The zero-order valence-electron chi connectivity index (χ0n) is 9.43. The SMILES string of the molecule is Cc1ccc2[nH]c(=S)n(Cc3ccco3)c2c1. The molecule has 1 aromatic carbocycles. The minimum absolute atomic E-state index is 0.662. The van der Waals surface area contributed by atoms with Gasteiger partial charge in [-0.15, -0.1) is 0 Å². The minimum Gasteiger partial charge on any atom is -0.467 e. The topological polar surface area (TPSA) is 33.9 Å². The summed E-state index contributed by atoms with van der Waals surface area (Å²) >= 11 is 5.34. The molecule has 0 aliphatic heterocycles. The highest BCUT2D eigenvalue weighted by Crippen LogP contribution is 2.17. The summed E-state index contributed by atoms with van der Waals surface area (Å²) in [5, 5.41) is 0. The number of hydrogen-bond acceptors (Lipinski definition) is 2. The number of fused-ring (bicyclic) bond motifs is 1. The molecule has 3 nitrogen and oxygen atoms in total. The molecule has 0 amide bonds. The summed E-state index contributed by atoms with van der Waals surface area (Å²) < 4.78 is 8.14. The van der Waals surface area contributed by atoms with Crippen LogP contribution in [0.2, 0.25) is 0 Å². The lowest BCUT2D eigenvalue weighted by molar-refractivity contribution is 0.495. The maximum atomic E-state index is 5.36. The van der Waals surface area contributed by atoms with E-state index >= 15 is 0 Å². The number of aryl methyl sites for hydroxylation is 1. The molecule has 0 bridgehead atoms. The van der Waals surface area contributed by atoms with Crippen molar-refractivity contribution in [1.82, 2.24) is 9.55 Å². The fourth-order valence-electron chi connectivity index (χ4n) is 1.98. The maximum absolute atomic E-state index is 5.36. The predicted octanol–water partition coefficient (Wildman–Crippen LogP) is 3.65. The van der Waals surface area contributed by atoms with Crippen LogP contribution in [0.3, 0.4) is 0 Å². The average molecular weight is 244 g/mol. The van der Waals surface area contributed by atoms with E-state index in [4.69, 9.17) is 16.6 Å². The van der Waals surface area contributed by atoms with E-state index in [2.05, 4.69) is 34.7 Å². The summed E-state index contributed by atoms with van der Waals surface area (Å²) in [6, 6.07) is 10.1. The van der Waals surface area contributed by atoms with E-state index in [1.165, 1.54) is 5.56 Å². The second-order valence-corrected chi connectivity index (χ2v) is 4.50. The van der Waals surface area contributed by atoms with Crippen molar-refractivity contribution in [2.45, 2.75) is 13.5 Å². The van der Waals surface area contributed by atoms with Crippen molar-refractivity contribution in [2.75, 3.05) is 0 Å². The molecule has 0 fully saturated rings. The predicted molar refractivity (Wildman–Crippen MR) is 69.7 cm³/mol. The normalized spacial score (nSPS) is 11.1. The van der Waals surface area contributed by atoms with Crippen LogP contribution in [0.1, 0.15) is 11.3 Å². The number of benzene rings is 1. The summed E-state index contributed by atoms with van der Waals surface area (Å²) in [6.07, 6.45) is 1.68. The molecule has 0 spiro atoms. The summed E-state index contributed by atoms with van der Waals surface area (Å²) in [7, 11) is 0. The Morgan fingerprint density at radius 1 is 1.35 bits per heavy atom. The van der Waals surface area contributed by atoms with Crippen LogP contribution in [-0.4, -0.2) is 9.55 Å². The van der Waals surface area contributed by atoms with Crippen molar-refractivity contribution in [3.05, 3.63) is 52.7 Å². The number of furan rings is 1. The van der Waals surface area contributed by atoms with Gasteiger partial charge in [0.2, 0.25) is 0 Å². The molecule has 0 saturated heterocycles. The van der Waals surface area contributed by atoms with Crippen LogP contribution in [0.25, 0.3) is 11.0 Å². The largest absolute Gasteiger partial charge is 0.467 e. The van der Waals surface area contributed by atoms with Crippen LogP contribution in [-0.2, 0) is 6.54 Å². The third-order valence-corrected chi connectivity index (χ3v) is 3.15. The first-order valence-electron chi connectivity index (χ1n) is 5.45. The molecule has 0 aliphatic rings. The van der Waals surface area contributed by atoms with Crippen molar-refractivity contribution < 1.29 is 4.42 Å². The van der Waals surface area contributed by atoms with Crippen LogP contribution in [0.4, 0.5) is 0 Å². The van der Waals surface area contributed by atoms with Gasteiger partial charge in [-0.05, 0) is 49.0 Å². The van der Waals surface area contributed by atoms with Gasteiger partial charge in [0, 0.05) is 0 Å². The fourth-order valence-corrected chi connectivity index (χ4v) is 2.25. The molecule has 2 aromatic heterocycles. The Hall–Kier alpha value is -1.81. The van der Waals surface area contributed by atoms with E-state index < -0.39 is 0 Å². The summed E-state index contributed by atoms with van der Waals surface area (Å²) in [4.78, 5) is 3.20. The van der Waals surface area contributed by atoms with Crippen LogP contribution in [0.5, 0.6) is 0 Å². The Labute approximate surface area is 104 Å². The van der Waals surface area contributed by atoms with E-state index in [1.807, 2.05) is 12.1 Å². The van der Waals surface area contributed by atoms with E-state index in [-0.39, 0.29) is 0 Å². The number of H-pyrrole nitrogens is 1. The van der Waals surface area contributed by atoms with Gasteiger partial charge >= 0.3 is 0 Å². The van der Waals surface area contributed by atoms with E-state index in [0.29, 0.717) is 6.54 Å². The molecule has 17 heavy (non-hydrogen) atoms. The Balaban J connectivity index is 2.17. The molecule has 0 atom stereocenters. The van der Waals surface area contributed by atoms with E-state index in [9.17, 15) is 0 Å². The van der Waals surface area contributed by atoms with Crippen LogP contribution in [0, 0.1) is 11.7 Å². The van der Waals surface area contributed by atoms with Gasteiger partial charge in [-0.2, -0.15) is 0 Å². The number of nitrogens with zero attached hydrogens (tertiary/aromatic N) is 1. The quantitative estimate of drug-likeness (QED) is 0.698. The Bertz CT molecular complexity index is 707. The molecule has 0 aliphatic carbocycles. The lowest BCUT2D eigenvalue weighted by Gasteiger charge is -2.02. The first-order valence-corrected chi connectivity index (χ1v) is 5.86. The molecular weight excluding hydrogens is 232 g/mol. The second kappa shape index (κ2) is 3.89. The molecule has 0 radical (unpaired) electrons.